The Balaban J connectivity index is 3.19. The number of hydrogen-bond acceptors (Lipinski definition) is 2. The molecule has 0 aliphatic carbocycles. The van der Waals surface area contributed by atoms with Gasteiger partial charge in [0.15, 0.2) is 5.43 Å². The van der Waals surface area contributed by atoms with Crippen LogP contribution in [0.1, 0.15) is 0 Å². The minimum absolute atomic E-state index is 0.0231. The Labute approximate surface area is 71.2 Å². The van der Waals surface area contributed by atoms with Gasteiger partial charge in [-0.05, 0) is 22.2 Å². The second kappa shape index (κ2) is 3.25. The van der Waals surface area contributed by atoms with Crippen molar-refractivity contribution in [2.24, 2.45) is 0 Å². The molecule has 1 heterocycles. The quantitative estimate of drug-likeness (QED) is 0.578. The average Bonchev–Trinajstić information content (AvgIpc) is 1.85. The number of aromatic amines is 1. The van der Waals surface area contributed by atoms with Gasteiger partial charge in [-0.1, -0.05) is 0 Å². The summed E-state index contributed by atoms with van der Waals surface area (Å²) in [6.45, 7) is 0. The van der Waals surface area contributed by atoms with Crippen LogP contribution in [0.5, 0.6) is 0 Å². The maximum absolute atomic E-state index is 10.8. The number of nitrogens with one attached hydrogen (secondary N) is 1. The first kappa shape index (κ1) is 7.88. The van der Waals surface area contributed by atoms with E-state index in [9.17, 15) is 4.79 Å². The van der Waals surface area contributed by atoms with E-state index in [-0.39, 0.29) is 5.43 Å². The predicted molar refractivity (Wildman–Crippen MR) is 46.5 cm³/mol. The van der Waals surface area contributed by atoms with E-state index in [1.54, 1.807) is 6.07 Å². The lowest BCUT2D eigenvalue weighted by molar-refractivity contribution is 1.09. The fourth-order valence-corrected chi connectivity index (χ4v) is 1.61. The Kier molecular flexibility index (Phi) is 2.56. The molecule has 2 nitrogen and oxygen atoms in total. The lowest BCUT2D eigenvalue weighted by Crippen LogP contribution is -1.98. The standard InChI is InChI=1S/C6H6BrNOS/c1-10-6-3-4(9)2-5(7)8-6/h2-3H,1H3,(H,8,9). The van der Waals surface area contributed by atoms with Gasteiger partial charge in [0.25, 0.3) is 0 Å². The summed E-state index contributed by atoms with van der Waals surface area (Å²) < 4.78 is 0.726. The van der Waals surface area contributed by atoms with Gasteiger partial charge in [0.1, 0.15) is 0 Å². The highest BCUT2D eigenvalue weighted by atomic mass is 79.9. The van der Waals surface area contributed by atoms with Crippen molar-refractivity contribution in [3.8, 4) is 0 Å². The molecule has 1 aromatic rings. The van der Waals surface area contributed by atoms with Crippen LogP contribution in [0.3, 0.4) is 0 Å². The maximum Gasteiger partial charge on any atom is 0.183 e. The monoisotopic (exact) mass is 219 g/mol. The molecule has 4 heteroatoms. The van der Waals surface area contributed by atoms with Crippen LogP contribution in [-0.2, 0) is 0 Å². The van der Waals surface area contributed by atoms with Crippen LogP contribution in [-0.4, -0.2) is 11.2 Å². The smallest absolute Gasteiger partial charge is 0.183 e. The van der Waals surface area contributed by atoms with Crippen LogP contribution >= 0.6 is 27.7 Å². The molecule has 0 atom stereocenters. The van der Waals surface area contributed by atoms with Gasteiger partial charge in [0.05, 0.1) is 9.63 Å². The molecular weight excluding hydrogens is 214 g/mol. The summed E-state index contributed by atoms with van der Waals surface area (Å²) in [4.78, 5) is 13.8. The first-order valence-electron chi connectivity index (χ1n) is 2.66. The molecule has 0 fully saturated rings. The van der Waals surface area contributed by atoms with Crippen LogP contribution in [0.15, 0.2) is 26.6 Å². The number of pyridine rings is 1. The van der Waals surface area contributed by atoms with E-state index in [4.69, 9.17) is 0 Å². The van der Waals surface area contributed by atoms with Crippen molar-refractivity contribution >= 4 is 27.7 Å². The third-order valence-corrected chi connectivity index (χ3v) is 2.09. The topological polar surface area (TPSA) is 32.9 Å². The molecule has 0 radical (unpaired) electrons. The van der Waals surface area contributed by atoms with Crippen molar-refractivity contribution in [1.82, 2.24) is 4.98 Å². The van der Waals surface area contributed by atoms with Crippen molar-refractivity contribution < 1.29 is 0 Å². The minimum Gasteiger partial charge on any atom is -0.344 e. The molecule has 1 rings (SSSR count). The maximum atomic E-state index is 10.8. The molecule has 0 aromatic carbocycles. The van der Waals surface area contributed by atoms with Gasteiger partial charge >= 0.3 is 0 Å². The van der Waals surface area contributed by atoms with Gasteiger partial charge in [-0.2, -0.15) is 0 Å². The fourth-order valence-electron chi connectivity index (χ4n) is 0.596. The molecule has 0 saturated heterocycles. The fraction of sp³-hybridized carbons (Fsp3) is 0.167. The molecule has 0 aliphatic rings. The van der Waals surface area contributed by atoms with Crippen LogP contribution in [0.2, 0.25) is 0 Å². The van der Waals surface area contributed by atoms with E-state index in [0.29, 0.717) is 0 Å². The summed E-state index contributed by atoms with van der Waals surface area (Å²) in [6, 6.07) is 3.06. The SMILES string of the molecule is CSc1cc(=O)cc(Br)[nH]1. The Bertz CT molecular complexity index is 283. The molecule has 0 spiro atoms. The van der Waals surface area contributed by atoms with Crippen molar-refractivity contribution in [1.29, 1.82) is 0 Å². The van der Waals surface area contributed by atoms with Gasteiger partial charge in [-0.15, -0.1) is 11.8 Å². The molecule has 0 unspecified atom stereocenters. The van der Waals surface area contributed by atoms with Gasteiger partial charge in [-0.3, -0.25) is 4.79 Å². The lowest BCUT2D eigenvalue weighted by atomic mass is 10.5. The molecule has 0 amide bonds. The third kappa shape index (κ3) is 1.88. The third-order valence-electron chi connectivity index (χ3n) is 1.00. The molecular formula is C6H6BrNOS. The molecule has 1 aromatic heterocycles. The van der Waals surface area contributed by atoms with Gasteiger partial charge in [-0.25, -0.2) is 0 Å². The largest absolute Gasteiger partial charge is 0.344 e. The van der Waals surface area contributed by atoms with Crippen molar-refractivity contribution in [3.63, 3.8) is 0 Å². The molecule has 0 bridgehead atoms. The second-order valence-corrected chi connectivity index (χ2v) is 3.43. The average molecular weight is 220 g/mol. The van der Waals surface area contributed by atoms with E-state index in [1.165, 1.54) is 17.8 Å². The number of hydrogen-bond donors (Lipinski definition) is 1. The Morgan fingerprint density at radius 3 is 2.80 bits per heavy atom. The highest BCUT2D eigenvalue weighted by Crippen LogP contribution is 2.11. The highest BCUT2D eigenvalue weighted by Gasteiger charge is 1.92. The first-order valence-corrected chi connectivity index (χ1v) is 4.68. The van der Waals surface area contributed by atoms with Crippen LogP contribution < -0.4 is 5.43 Å². The summed E-state index contributed by atoms with van der Waals surface area (Å²) in [5, 5.41) is 0.874. The van der Waals surface area contributed by atoms with Crippen molar-refractivity contribution in [2.45, 2.75) is 5.03 Å². The number of aromatic nitrogens is 1. The van der Waals surface area contributed by atoms with Gasteiger partial charge in [0.2, 0.25) is 0 Å². The number of halogens is 1. The van der Waals surface area contributed by atoms with E-state index in [2.05, 4.69) is 20.9 Å². The molecule has 10 heavy (non-hydrogen) atoms. The zero-order valence-electron chi connectivity index (χ0n) is 5.35. The molecule has 0 aliphatic heterocycles. The van der Waals surface area contributed by atoms with E-state index in [0.717, 1.165) is 9.63 Å². The Morgan fingerprint density at radius 1 is 1.60 bits per heavy atom. The van der Waals surface area contributed by atoms with Crippen molar-refractivity contribution in [3.05, 3.63) is 27.0 Å². The number of rotatable bonds is 1. The van der Waals surface area contributed by atoms with Crippen LogP contribution in [0.25, 0.3) is 0 Å². The number of thioether (sulfide) groups is 1. The molecule has 1 N–H and O–H groups in total. The Hall–Kier alpha value is -0.220. The summed E-state index contributed by atoms with van der Waals surface area (Å²) in [6.07, 6.45) is 1.91. The lowest BCUT2D eigenvalue weighted by Gasteiger charge is -1.95. The summed E-state index contributed by atoms with van der Waals surface area (Å²) in [5.74, 6) is 0. The van der Waals surface area contributed by atoms with Crippen molar-refractivity contribution in [2.75, 3.05) is 6.26 Å². The van der Waals surface area contributed by atoms with E-state index in [1.807, 2.05) is 6.26 Å². The predicted octanol–water partition coefficient (Wildman–Crippen LogP) is 1.86. The van der Waals surface area contributed by atoms with E-state index < -0.39 is 0 Å². The first-order chi connectivity index (χ1) is 4.72. The minimum atomic E-state index is 0.0231. The summed E-state index contributed by atoms with van der Waals surface area (Å²) in [7, 11) is 0. The van der Waals surface area contributed by atoms with Crippen LogP contribution in [0.4, 0.5) is 0 Å². The molecule has 0 saturated carbocycles. The highest BCUT2D eigenvalue weighted by molar-refractivity contribution is 9.10. The molecule has 54 valence electrons. The number of H-pyrrole nitrogens is 1. The summed E-state index contributed by atoms with van der Waals surface area (Å²) >= 11 is 4.70. The van der Waals surface area contributed by atoms with Gasteiger partial charge in [0, 0.05) is 12.1 Å². The zero-order chi connectivity index (χ0) is 7.56. The summed E-state index contributed by atoms with van der Waals surface area (Å²) in [5.41, 5.74) is 0.0231. The van der Waals surface area contributed by atoms with E-state index >= 15 is 0 Å². The normalized spacial score (nSPS) is 9.80. The van der Waals surface area contributed by atoms with Gasteiger partial charge < -0.3 is 4.98 Å². The second-order valence-electron chi connectivity index (χ2n) is 1.73. The Morgan fingerprint density at radius 2 is 2.30 bits per heavy atom. The zero-order valence-corrected chi connectivity index (χ0v) is 7.75. The van der Waals surface area contributed by atoms with Crippen LogP contribution in [0, 0.1) is 0 Å².